The summed E-state index contributed by atoms with van der Waals surface area (Å²) in [7, 11) is 0. The minimum Gasteiger partial charge on any atom is -0.477 e. The Morgan fingerprint density at radius 1 is 1.31 bits per heavy atom. The molecule has 0 amide bonds. The molecule has 6 heteroatoms. The van der Waals surface area contributed by atoms with Gasteiger partial charge in [-0.25, -0.2) is 9.78 Å². The van der Waals surface area contributed by atoms with Gasteiger partial charge in [-0.15, -0.1) is 0 Å². The Morgan fingerprint density at radius 2 is 2.00 bits per heavy atom. The zero-order valence-electron chi connectivity index (χ0n) is 7.67. The first kappa shape index (κ1) is 11.6. The highest BCUT2D eigenvalue weighted by Crippen LogP contribution is 2.34. The second-order valence-corrected chi connectivity index (χ2v) is 4.72. The van der Waals surface area contributed by atoms with Crippen LogP contribution >= 0.6 is 39.1 Å². The molecule has 0 aliphatic heterocycles. The zero-order chi connectivity index (χ0) is 11.9. The van der Waals surface area contributed by atoms with Crippen molar-refractivity contribution in [2.75, 3.05) is 0 Å². The molecule has 2 aromatic rings. The summed E-state index contributed by atoms with van der Waals surface area (Å²) in [5, 5.41) is 10.1. The predicted molar refractivity (Wildman–Crippen MR) is 66.4 cm³/mol. The number of hydrogen-bond acceptors (Lipinski definition) is 2. The van der Waals surface area contributed by atoms with E-state index in [4.69, 9.17) is 28.3 Å². The van der Waals surface area contributed by atoms with Gasteiger partial charge in [-0.05, 0) is 18.2 Å². The fourth-order valence-electron chi connectivity index (χ4n) is 1.33. The number of carboxylic acid groups (broad SMARTS) is 1. The Balaban J connectivity index is 2.92. The fraction of sp³-hybridized carbons (Fsp3) is 0. The van der Waals surface area contributed by atoms with Crippen LogP contribution in [0, 0.1) is 0 Å². The van der Waals surface area contributed by atoms with Crippen LogP contribution in [0.25, 0.3) is 10.9 Å². The highest BCUT2D eigenvalue weighted by molar-refractivity contribution is 9.10. The molecule has 0 spiro atoms. The van der Waals surface area contributed by atoms with Gasteiger partial charge in [-0.1, -0.05) is 39.1 Å². The van der Waals surface area contributed by atoms with E-state index in [1.54, 1.807) is 12.1 Å². The smallest absolute Gasteiger partial charge is 0.354 e. The van der Waals surface area contributed by atoms with Gasteiger partial charge < -0.3 is 5.11 Å². The summed E-state index contributed by atoms with van der Waals surface area (Å²) in [4.78, 5) is 14.8. The average Bonchev–Trinajstić information content (AvgIpc) is 2.22. The molecule has 0 fully saturated rings. The minimum absolute atomic E-state index is 0.127. The molecule has 0 unspecified atom stereocenters. The van der Waals surface area contributed by atoms with Crippen molar-refractivity contribution in [3.63, 3.8) is 0 Å². The number of fused-ring (bicyclic) bond motifs is 1. The Labute approximate surface area is 109 Å². The number of aromatic carboxylic acids is 1. The summed E-state index contributed by atoms with van der Waals surface area (Å²) >= 11 is 15.2. The quantitative estimate of drug-likeness (QED) is 0.864. The maximum Gasteiger partial charge on any atom is 0.354 e. The van der Waals surface area contributed by atoms with E-state index in [2.05, 4.69) is 20.9 Å². The Kier molecular flexibility index (Phi) is 3.06. The molecule has 0 atom stereocenters. The Bertz CT molecular complexity index is 601. The van der Waals surface area contributed by atoms with Gasteiger partial charge in [0.1, 0.15) is 5.69 Å². The van der Waals surface area contributed by atoms with Gasteiger partial charge in [0.15, 0.2) is 0 Å². The summed E-state index contributed by atoms with van der Waals surface area (Å²) in [5.41, 5.74) is 0.249. The van der Waals surface area contributed by atoms with Gasteiger partial charge in [0.25, 0.3) is 0 Å². The molecule has 0 radical (unpaired) electrons. The summed E-state index contributed by atoms with van der Waals surface area (Å²) in [6.45, 7) is 0. The molecule has 1 heterocycles. The predicted octanol–water partition coefficient (Wildman–Crippen LogP) is 4.00. The molecule has 16 heavy (non-hydrogen) atoms. The lowest BCUT2D eigenvalue weighted by Crippen LogP contribution is -2.00. The third kappa shape index (κ3) is 1.88. The van der Waals surface area contributed by atoms with Crippen molar-refractivity contribution in [3.05, 3.63) is 38.4 Å². The van der Waals surface area contributed by atoms with Crippen LogP contribution in [0.2, 0.25) is 10.0 Å². The lowest BCUT2D eigenvalue weighted by Gasteiger charge is -2.05. The fourth-order valence-corrected chi connectivity index (χ4v) is 2.47. The van der Waals surface area contributed by atoms with Gasteiger partial charge in [0.2, 0.25) is 0 Å². The van der Waals surface area contributed by atoms with E-state index in [1.807, 2.05) is 0 Å². The normalized spacial score (nSPS) is 10.7. The number of pyridine rings is 1. The topological polar surface area (TPSA) is 50.2 Å². The second kappa shape index (κ2) is 4.20. The standard InChI is InChI=1S/C10H4BrCl2NO2/c11-4-1-2-5(12)9-8(4)6(13)3-7(14-9)10(15)16/h1-3H,(H,15,16). The highest BCUT2D eigenvalue weighted by Gasteiger charge is 2.13. The van der Waals surface area contributed by atoms with Crippen LogP contribution in [-0.2, 0) is 0 Å². The summed E-state index contributed by atoms with van der Waals surface area (Å²) in [5.74, 6) is -1.14. The number of aromatic nitrogens is 1. The number of carboxylic acids is 1. The molecule has 1 N–H and O–H groups in total. The molecule has 0 saturated heterocycles. The van der Waals surface area contributed by atoms with Crippen LogP contribution < -0.4 is 0 Å². The van der Waals surface area contributed by atoms with Crippen molar-refractivity contribution in [3.8, 4) is 0 Å². The van der Waals surface area contributed by atoms with Crippen molar-refractivity contribution in [1.82, 2.24) is 4.98 Å². The van der Waals surface area contributed by atoms with Crippen LogP contribution in [0.15, 0.2) is 22.7 Å². The maximum atomic E-state index is 10.8. The summed E-state index contributed by atoms with van der Waals surface area (Å²) < 4.78 is 0.723. The van der Waals surface area contributed by atoms with E-state index < -0.39 is 5.97 Å². The first-order valence-electron chi connectivity index (χ1n) is 4.18. The van der Waals surface area contributed by atoms with Crippen LogP contribution in [-0.4, -0.2) is 16.1 Å². The average molecular weight is 321 g/mol. The third-order valence-corrected chi connectivity index (χ3v) is 3.30. The van der Waals surface area contributed by atoms with E-state index in [1.165, 1.54) is 6.07 Å². The summed E-state index contributed by atoms with van der Waals surface area (Å²) in [6, 6.07) is 4.66. The summed E-state index contributed by atoms with van der Waals surface area (Å²) in [6.07, 6.45) is 0. The van der Waals surface area contributed by atoms with Crippen molar-refractivity contribution >= 4 is 56.0 Å². The second-order valence-electron chi connectivity index (χ2n) is 3.05. The first-order valence-corrected chi connectivity index (χ1v) is 5.73. The number of halogens is 3. The van der Waals surface area contributed by atoms with Gasteiger partial charge in [-0.3, -0.25) is 0 Å². The molecule has 0 aliphatic rings. The third-order valence-electron chi connectivity index (χ3n) is 2.03. The SMILES string of the molecule is O=C(O)c1cc(Cl)c2c(Br)ccc(Cl)c2n1. The Hall–Kier alpha value is -0.840. The van der Waals surface area contributed by atoms with Crippen LogP contribution in [0.4, 0.5) is 0 Å². The molecule has 3 nitrogen and oxygen atoms in total. The number of nitrogens with zero attached hydrogens (tertiary/aromatic N) is 1. The lowest BCUT2D eigenvalue weighted by atomic mass is 10.2. The molecular formula is C10H4BrCl2NO2. The maximum absolute atomic E-state index is 10.8. The van der Waals surface area contributed by atoms with E-state index in [0.29, 0.717) is 20.9 Å². The number of carbonyl (C=O) groups is 1. The highest BCUT2D eigenvalue weighted by atomic mass is 79.9. The molecule has 1 aromatic heterocycles. The van der Waals surface area contributed by atoms with Crippen molar-refractivity contribution in [2.24, 2.45) is 0 Å². The number of rotatable bonds is 1. The van der Waals surface area contributed by atoms with Crippen molar-refractivity contribution in [2.45, 2.75) is 0 Å². The van der Waals surface area contributed by atoms with E-state index in [0.717, 1.165) is 4.47 Å². The van der Waals surface area contributed by atoms with Crippen LogP contribution in [0.3, 0.4) is 0 Å². The molecule has 0 saturated carbocycles. The van der Waals surface area contributed by atoms with Gasteiger partial charge in [0, 0.05) is 9.86 Å². The Morgan fingerprint density at radius 3 is 2.62 bits per heavy atom. The molecule has 82 valence electrons. The van der Waals surface area contributed by atoms with Gasteiger partial charge in [-0.2, -0.15) is 0 Å². The van der Waals surface area contributed by atoms with E-state index in [-0.39, 0.29) is 5.69 Å². The van der Waals surface area contributed by atoms with Gasteiger partial charge >= 0.3 is 5.97 Å². The number of hydrogen-bond donors (Lipinski definition) is 1. The largest absolute Gasteiger partial charge is 0.477 e. The van der Waals surface area contributed by atoms with Crippen LogP contribution in [0.5, 0.6) is 0 Å². The monoisotopic (exact) mass is 319 g/mol. The van der Waals surface area contributed by atoms with Crippen LogP contribution in [0.1, 0.15) is 10.5 Å². The molecular weight excluding hydrogens is 317 g/mol. The zero-order valence-corrected chi connectivity index (χ0v) is 10.8. The molecule has 0 bridgehead atoms. The molecule has 1 aromatic carbocycles. The van der Waals surface area contributed by atoms with E-state index >= 15 is 0 Å². The van der Waals surface area contributed by atoms with Gasteiger partial charge in [0.05, 0.1) is 15.6 Å². The van der Waals surface area contributed by atoms with Crippen molar-refractivity contribution < 1.29 is 9.90 Å². The number of benzene rings is 1. The lowest BCUT2D eigenvalue weighted by molar-refractivity contribution is 0.0691. The van der Waals surface area contributed by atoms with E-state index in [9.17, 15) is 4.79 Å². The first-order chi connectivity index (χ1) is 7.50. The molecule has 2 rings (SSSR count). The molecule has 0 aliphatic carbocycles. The van der Waals surface area contributed by atoms with Crippen molar-refractivity contribution in [1.29, 1.82) is 0 Å². The minimum atomic E-state index is -1.14.